The molecule has 0 radical (unpaired) electrons. The van der Waals surface area contributed by atoms with Crippen molar-refractivity contribution in [2.45, 2.75) is 11.4 Å². The summed E-state index contributed by atoms with van der Waals surface area (Å²) in [7, 11) is 0. The van der Waals surface area contributed by atoms with E-state index in [0.717, 1.165) is 27.9 Å². The third-order valence-corrected chi connectivity index (χ3v) is 5.90. The first-order valence-corrected chi connectivity index (χ1v) is 11.5. The molecule has 3 aromatic carbocycles. The number of rotatable bonds is 6. The smallest absolute Gasteiger partial charge is 0.267 e. The van der Waals surface area contributed by atoms with Gasteiger partial charge >= 0.3 is 0 Å². The largest absolute Gasteiger partial charge is 0.268 e. The number of nitrogens with zero attached hydrogens (tertiary/aromatic N) is 2. The molecule has 0 saturated carbocycles. The Labute approximate surface area is 191 Å². The Hall–Kier alpha value is -3.08. The van der Waals surface area contributed by atoms with E-state index in [0.29, 0.717) is 11.6 Å². The molecule has 0 aliphatic rings. The zero-order valence-electron chi connectivity index (χ0n) is 17.0. The van der Waals surface area contributed by atoms with Crippen LogP contribution in [0.5, 0.6) is 0 Å². The topological polar surface area (TPSA) is 34.9 Å². The summed E-state index contributed by atoms with van der Waals surface area (Å²) in [6.07, 6.45) is 5.99. The zero-order chi connectivity index (χ0) is 21.6. The van der Waals surface area contributed by atoms with Crippen molar-refractivity contribution in [1.82, 2.24) is 9.78 Å². The molecule has 154 valence electrons. The fraction of sp³-hybridized carbons (Fsp3) is 0.0769. The minimum atomic E-state index is -0.146. The molecular formula is C26H21ClN2OS. The Bertz CT molecular complexity index is 1250. The van der Waals surface area contributed by atoms with Gasteiger partial charge in [0.25, 0.3) is 5.56 Å². The molecule has 31 heavy (non-hydrogen) atoms. The molecule has 0 amide bonds. The van der Waals surface area contributed by atoms with Crippen LogP contribution in [0.25, 0.3) is 28.5 Å². The maximum absolute atomic E-state index is 12.8. The Balaban J connectivity index is 1.76. The highest BCUT2D eigenvalue weighted by Gasteiger charge is 2.13. The van der Waals surface area contributed by atoms with Crippen LogP contribution in [0.2, 0.25) is 5.02 Å². The molecule has 0 aliphatic carbocycles. The summed E-state index contributed by atoms with van der Waals surface area (Å²) in [6, 6.07) is 27.4. The van der Waals surface area contributed by atoms with Crippen molar-refractivity contribution in [2.75, 3.05) is 6.26 Å². The molecule has 0 spiro atoms. The third-order valence-electron chi connectivity index (χ3n) is 4.90. The molecule has 1 aromatic heterocycles. The number of thioether (sulfide) groups is 1. The third kappa shape index (κ3) is 5.16. The van der Waals surface area contributed by atoms with Gasteiger partial charge in [-0.1, -0.05) is 78.4 Å². The number of hydrogen-bond acceptors (Lipinski definition) is 3. The van der Waals surface area contributed by atoms with Crippen LogP contribution in [0.15, 0.2) is 101 Å². The number of halogens is 1. The maximum atomic E-state index is 12.8. The molecule has 0 bridgehead atoms. The number of allylic oxidation sites excluding steroid dienone is 1. The van der Waals surface area contributed by atoms with Gasteiger partial charge in [-0.05, 0) is 41.6 Å². The first-order valence-electron chi connectivity index (χ1n) is 9.88. The van der Waals surface area contributed by atoms with E-state index >= 15 is 0 Å². The van der Waals surface area contributed by atoms with Gasteiger partial charge in [-0.25, -0.2) is 4.68 Å². The van der Waals surface area contributed by atoms with Crippen LogP contribution in [0.3, 0.4) is 0 Å². The molecule has 5 heteroatoms. The van der Waals surface area contributed by atoms with Crippen molar-refractivity contribution in [2.24, 2.45) is 0 Å². The van der Waals surface area contributed by atoms with Crippen molar-refractivity contribution in [3.05, 3.63) is 112 Å². The van der Waals surface area contributed by atoms with Crippen LogP contribution in [0.4, 0.5) is 0 Å². The first-order chi connectivity index (χ1) is 15.1. The molecule has 0 aliphatic heterocycles. The zero-order valence-corrected chi connectivity index (χ0v) is 18.6. The lowest BCUT2D eigenvalue weighted by Crippen LogP contribution is -2.22. The lowest BCUT2D eigenvalue weighted by Gasteiger charge is -2.12. The van der Waals surface area contributed by atoms with Crippen LogP contribution >= 0.6 is 23.4 Å². The van der Waals surface area contributed by atoms with Gasteiger partial charge in [0.05, 0.1) is 12.2 Å². The summed E-state index contributed by atoms with van der Waals surface area (Å²) in [5.41, 5.74) is 4.37. The van der Waals surface area contributed by atoms with E-state index in [1.54, 1.807) is 17.8 Å². The lowest BCUT2D eigenvalue weighted by molar-refractivity contribution is 0.657. The molecule has 0 atom stereocenters. The molecule has 0 unspecified atom stereocenters. The molecule has 4 aromatic rings. The number of hydrogen-bond donors (Lipinski definition) is 0. The number of benzene rings is 3. The van der Waals surface area contributed by atoms with E-state index in [-0.39, 0.29) is 5.56 Å². The monoisotopic (exact) mass is 444 g/mol. The average molecular weight is 445 g/mol. The Kier molecular flexibility index (Phi) is 6.70. The second-order valence-corrected chi connectivity index (χ2v) is 8.29. The van der Waals surface area contributed by atoms with Gasteiger partial charge in [-0.15, -0.1) is 11.8 Å². The molecule has 3 nitrogen and oxygen atoms in total. The minimum absolute atomic E-state index is 0.146. The molecular weight excluding hydrogens is 424 g/mol. The minimum Gasteiger partial charge on any atom is -0.268 e. The van der Waals surface area contributed by atoms with Crippen LogP contribution in [-0.4, -0.2) is 16.0 Å². The van der Waals surface area contributed by atoms with Crippen LogP contribution < -0.4 is 5.56 Å². The summed E-state index contributed by atoms with van der Waals surface area (Å²) >= 11 is 7.75. The van der Waals surface area contributed by atoms with E-state index in [1.807, 2.05) is 85.1 Å². The van der Waals surface area contributed by atoms with Crippen LogP contribution in [0, 0.1) is 0 Å². The van der Waals surface area contributed by atoms with Crippen LogP contribution in [-0.2, 0) is 6.54 Å². The maximum Gasteiger partial charge on any atom is 0.267 e. The predicted molar refractivity (Wildman–Crippen MR) is 132 cm³/mol. The SMILES string of the molecule is CSc1ccc(-c2nn(C/C=C/c3ccccc3)c(=O)cc2-c2ccc(Cl)cc2)cc1. The molecule has 0 saturated heterocycles. The second kappa shape index (κ2) is 9.82. The summed E-state index contributed by atoms with van der Waals surface area (Å²) in [4.78, 5) is 14.0. The quantitative estimate of drug-likeness (QED) is 0.311. The molecule has 4 rings (SSSR count). The summed E-state index contributed by atoms with van der Waals surface area (Å²) in [6.45, 7) is 0.393. The highest BCUT2D eigenvalue weighted by atomic mass is 35.5. The molecule has 0 N–H and O–H groups in total. The lowest BCUT2D eigenvalue weighted by atomic mass is 10.00. The van der Waals surface area contributed by atoms with Gasteiger partial charge < -0.3 is 0 Å². The Morgan fingerprint density at radius 1 is 0.935 bits per heavy atom. The molecule has 0 fully saturated rings. The van der Waals surface area contributed by atoms with E-state index in [9.17, 15) is 4.79 Å². The molecule has 1 heterocycles. The van der Waals surface area contributed by atoms with Gasteiger partial charge in [0, 0.05) is 27.1 Å². The van der Waals surface area contributed by atoms with E-state index in [4.69, 9.17) is 16.7 Å². The summed E-state index contributed by atoms with van der Waals surface area (Å²) < 4.78 is 1.50. The van der Waals surface area contributed by atoms with E-state index in [2.05, 4.69) is 12.1 Å². The average Bonchev–Trinajstić information content (AvgIpc) is 2.81. The summed E-state index contributed by atoms with van der Waals surface area (Å²) in [5.74, 6) is 0. The van der Waals surface area contributed by atoms with Gasteiger partial charge in [-0.2, -0.15) is 5.10 Å². The van der Waals surface area contributed by atoms with Crippen molar-refractivity contribution in [3.63, 3.8) is 0 Å². The Morgan fingerprint density at radius 3 is 2.29 bits per heavy atom. The first kappa shape index (κ1) is 21.2. The van der Waals surface area contributed by atoms with Crippen molar-refractivity contribution in [3.8, 4) is 22.4 Å². The Morgan fingerprint density at radius 2 is 1.61 bits per heavy atom. The van der Waals surface area contributed by atoms with E-state index < -0.39 is 0 Å². The van der Waals surface area contributed by atoms with Gasteiger partial charge in [0.2, 0.25) is 0 Å². The summed E-state index contributed by atoms with van der Waals surface area (Å²) in [5, 5.41) is 5.40. The fourth-order valence-corrected chi connectivity index (χ4v) is 3.82. The second-order valence-electron chi connectivity index (χ2n) is 6.98. The highest BCUT2D eigenvalue weighted by Crippen LogP contribution is 2.31. The van der Waals surface area contributed by atoms with Crippen molar-refractivity contribution < 1.29 is 0 Å². The van der Waals surface area contributed by atoms with Crippen LogP contribution in [0.1, 0.15) is 5.56 Å². The van der Waals surface area contributed by atoms with Crippen molar-refractivity contribution in [1.29, 1.82) is 0 Å². The highest BCUT2D eigenvalue weighted by molar-refractivity contribution is 7.98. The van der Waals surface area contributed by atoms with E-state index in [1.165, 1.54) is 9.58 Å². The van der Waals surface area contributed by atoms with Gasteiger partial charge in [0.15, 0.2) is 0 Å². The normalized spacial score (nSPS) is 11.2. The fourth-order valence-electron chi connectivity index (χ4n) is 3.29. The van der Waals surface area contributed by atoms with Crippen molar-refractivity contribution >= 4 is 29.4 Å². The standard InChI is InChI=1S/C26H21ClN2OS/c1-31-23-15-11-21(12-16-23)26-24(20-9-13-22(27)14-10-20)18-25(30)29(28-26)17-5-8-19-6-3-2-4-7-19/h2-16,18H,17H2,1H3/b8-5+. The van der Waals surface area contributed by atoms with Gasteiger partial charge in [0.1, 0.15) is 0 Å². The van der Waals surface area contributed by atoms with Gasteiger partial charge in [-0.3, -0.25) is 4.79 Å². The number of aromatic nitrogens is 2. The predicted octanol–water partition coefficient (Wildman–Crippen LogP) is 6.67.